The zero-order valence-corrected chi connectivity index (χ0v) is 14.6. The van der Waals surface area contributed by atoms with E-state index in [1.54, 1.807) is 0 Å². The average molecular weight is 313 g/mol. The number of hydrogen-bond acceptors (Lipinski definition) is 3. The Labute approximate surface area is 134 Å². The second-order valence-corrected chi connectivity index (χ2v) is 7.25. The number of thioether (sulfide) groups is 1. The summed E-state index contributed by atoms with van der Waals surface area (Å²) >= 11 is 1.93. The van der Waals surface area contributed by atoms with Crippen LogP contribution in [0.25, 0.3) is 0 Å². The van der Waals surface area contributed by atoms with Gasteiger partial charge in [0.15, 0.2) is 5.96 Å². The molecular formula is C16H32N4S. The molecule has 1 aliphatic carbocycles. The van der Waals surface area contributed by atoms with Crippen molar-refractivity contribution in [3.63, 3.8) is 0 Å². The molecular weight excluding hydrogens is 280 g/mol. The third-order valence-electron chi connectivity index (χ3n) is 4.69. The summed E-state index contributed by atoms with van der Waals surface area (Å²) in [5, 5.41) is 7.05. The minimum Gasteiger partial charge on any atom is -0.356 e. The van der Waals surface area contributed by atoms with Gasteiger partial charge in [-0.1, -0.05) is 12.8 Å². The fourth-order valence-corrected chi connectivity index (χ4v) is 3.97. The van der Waals surface area contributed by atoms with Crippen LogP contribution in [0.15, 0.2) is 4.99 Å². The predicted molar refractivity (Wildman–Crippen MR) is 94.3 cm³/mol. The number of unbranched alkanes of at least 4 members (excludes halogenated alkanes) is 1. The molecule has 1 heterocycles. The summed E-state index contributed by atoms with van der Waals surface area (Å²) in [6.07, 6.45) is 11.6. The third kappa shape index (κ3) is 5.70. The lowest BCUT2D eigenvalue weighted by atomic mass is 10.2. The second kappa shape index (κ2) is 9.57. The highest BCUT2D eigenvalue weighted by Gasteiger charge is 2.30. The summed E-state index contributed by atoms with van der Waals surface area (Å²) in [7, 11) is 1.88. The normalized spacial score (nSPS) is 24.7. The van der Waals surface area contributed by atoms with E-state index in [0.29, 0.717) is 6.04 Å². The molecule has 1 saturated heterocycles. The van der Waals surface area contributed by atoms with Gasteiger partial charge in [-0.2, -0.15) is 11.8 Å². The molecule has 2 N–H and O–H groups in total. The van der Waals surface area contributed by atoms with Crippen LogP contribution in [-0.2, 0) is 0 Å². The van der Waals surface area contributed by atoms with Gasteiger partial charge in [0.1, 0.15) is 0 Å². The van der Waals surface area contributed by atoms with Crippen molar-refractivity contribution in [2.45, 2.75) is 57.0 Å². The summed E-state index contributed by atoms with van der Waals surface area (Å²) in [5.41, 5.74) is 0. The highest BCUT2D eigenvalue weighted by atomic mass is 32.2. The molecule has 21 heavy (non-hydrogen) atoms. The number of rotatable bonds is 7. The van der Waals surface area contributed by atoms with Crippen LogP contribution in [-0.4, -0.2) is 61.6 Å². The molecule has 0 spiro atoms. The van der Waals surface area contributed by atoms with Gasteiger partial charge in [0, 0.05) is 38.8 Å². The molecule has 5 heteroatoms. The molecule has 1 saturated carbocycles. The number of nitrogens with zero attached hydrogens (tertiary/aromatic N) is 2. The van der Waals surface area contributed by atoms with Gasteiger partial charge < -0.3 is 10.6 Å². The van der Waals surface area contributed by atoms with E-state index in [0.717, 1.165) is 18.5 Å². The predicted octanol–water partition coefficient (Wildman–Crippen LogP) is 2.31. The van der Waals surface area contributed by atoms with Gasteiger partial charge in [0.2, 0.25) is 0 Å². The molecule has 2 fully saturated rings. The Bertz CT molecular complexity index is 315. The van der Waals surface area contributed by atoms with Crippen molar-refractivity contribution in [3.8, 4) is 0 Å². The highest BCUT2D eigenvalue weighted by Crippen LogP contribution is 2.26. The topological polar surface area (TPSA) is 39.7 Å². The number of guanidine groups is 1. The van der Waals surface area contributed by atoms with Crippen molar-refractivity contribution in [1.82, 2.24) is 15.5 Å². The quantitative estimate of drug-likeness (QED) is 0.430. The van der Waals surface area contributed by atoms with Crippen molar-refractivity contribution in [1.29, 1.82) is 0 Å². The second-order valence-electron chi connectivity index (χ2n) is 6.26. The van der Waals surface area contributed by atoms with Crippen molar-refractivity contribution in [2.24, 2.45) is 4.99 Å². The Hall–Kier alpha value is -0.420. The summed E-state index contributed by atoms with van der Waals surface area (Å²) in [6.45, 7) is 3.48. The van der Waals surface area contributed by atoms with Crippen LogP contribution in [0.2, 0.25) is 0 Å². The summed E-state index contributed by atoms with van der Waals surface area (Å²) in [4.78, 5) is 7.05. The van der Waals surface area contributed by atoms with Gasteiger partial charge in [-0.25, -0.2) is 0 Å². The molecule has 0 amide bonds. The van der Waals surface area contributed by atoms with Crippen LogP contribution in [0.1, 0.15) is 44.9 Å². The van der Waals surface area contributed by atoms with Crippen LogP contribution in [0.5, 0.6) is 0 Å². The number of likely N-dealkylation sites (tertiary alicyclic amines) is 1. The Morgan fingerprint density at radius 2 is 2.05 bits per heavy atom. The van der Waals surface area contributed by atoms with E-state index in [-0.39, 0.29) is 0 Å². The largest absolute Gasteiger partial charge is 0.356 e. The third-order valence-corrected chi connectivity index (χ3v) is 5.39. The van der Waals surface area contributed by atoms with Crippen LogP contribution in [0.4, 0.5) is 0 Å². The number of nitrogens with one attached hydrogen (secondary N) is 2. The summed E-state index contributed by atoms with van der Waals surface area (Å²) in [5.74, 6) is 2.24. The summed E-state index contributed by atoms with van der Waals surface area (Å²) < 4.78 is 0. The SMILES string of the molecule is CN=C(NCCCCSC)NC1CCN(C2CCCC2)C1. The molecule has 4 nitrogen and oxygen atoms in total. The van der Waals surface area contributed by atoms with Crippen molar-refractivity contribution in [3.05, 3.63) is 0 Å². The molecule has 2 rings (SSSR count). The van der Waals surface area contributed by atoms with E-state index in [2.05, 4.69) is 26.8 Å². The molecule has 1 aliphatic heterocycles. The van der Waals surface area contributed by atoms with Gasteiger partial charge >= 0.3 is 0 Å². The lowest BCUT2D eigenvalue weighted by Gasteiger charge is -2.24. The van der Waals surface area contributed by atoms with Crippen molar-refractivity contribution in [2.75, 3.05) is 38.7 Å². The Morgan fingerprint density at radius 3 is 2.76 bits per heavy atom. The van der Waals surface area contributed by atoms with Gasteiger partial charge in [0.25, 0.3) is 0 Å². The van der Waals surface area contributed by atoms with Crippen LogP contribution >= 0.6 is 11.8 Å². The zero-order valence-electron chi connectivity index (χ0n) is 13.7. The first-order chi connectivity index (χ1) is 10.3. The molecule has 2 aliphatic rings. The fourth-order valence-electron chi connectivity index (χ4n) is 3.47. The van der Waals surface area contributed by atoms with E-state index >= 15 is 0 Å². The Morgan fingerprint density at radius 1 is 1.24 bits per heavy atom. The first-order valence-electron chi connectivity index (χ1n) is 8.53. The van der Waals surface area contributed by atoms with E-state index < -0.39 is 0 Å². The minimum atomic E-state index is 0.572. The first-order valence-corrected chi connectivity index (χ1v) is 9.93. The fraction of sp³-hybridized carbons (Fsp3) is 0.938. The molecule has 0 radical (unpaired) electrons. The molecule has 0 aromatic heterocycles. The Balaban J connectivity index is 1.63. The molecule has 0 aromatic carbocycles. The minimum absolute atomic E-state index is 0.572. The summed E-state index contributed by atoms with van der Waals surface area (Å²) in [6, 6.07) is 1.43. The van der Waals surface area contributed by atoms with E-state index in [1.165, 1.54) is 63.8 Å². The van der Waals surface area contributed by atoms with E-state index in [4.69, 9.17) is 0 Å². The zero-order chi connectivity index (χ0) is 14.9. The monoisotopic (exact) mass is 312 g/mol. The molecule has 1 atom stereocenters. The maximum atomic E-state index is 4.36. The molecule has 0 bridgehead atoms. The van der Waals surface area contributed by atoms with Gasteiger partial charge in [-0.15, -0.1) is 0 Å². The van der Waals surface area contributed by atoms with Gasteiger partial charge in [0.05, 0.1) is 0 Å². The van der Waals surface area contributed by atoms with E-state index in [1.807, 2.05) is 18.8 Å². The van der Waals surface area contributed by atoms with Crippen molar-refractivity contribution >= 4 is 17.7 Å². The van der Waals surface area contributed by atoms with E-state index in [9.17, 15) is 0 Å². The number of aliphatic imine (C=N–C) groups is 1. The first kappa shape index (κ1) is 16.9. The van der Waals surface area contributed by atoms with Gasteiger partial charge in [-0.3, -0.25) is 9.89 Å². The average Bonchev–Trinajstić information content (AvgIpc) is 3.16. The van der Waals surface area contributed by atoms with Crippen LogP contribution in [0, 0.1) is 0 Å². The van der Waals surface area contributed by atoms with Crippen LogP contribution in [0.3, 0.4) is 0 Å². The van der Waals surface area contributed by atoms with Crippen LogP contribution < -0.4 is 10.6 Å². The molecule has 1 unspecified atom stereocenters. The standard InChI is InChI=1S/C16H32N4S/c1-17-16(18-10-5-6-12-21-2)19-14-9-11-20(13-14)15-7-3-4-8-15/h14-15H,3-13H2,1-2H3,(H2,17,18,19). The maximum Gasteiger partial charge on any atom is 0.191 e. The van der Waals surface area contributed by atoms with Gasteiger partial charge in [-0.05, 0) is 44.1 Å². The molecule has 0 aromatic rings. The smallest absolute Gasteiger partial charge is 0.191 e. The number of hydrogen-bond donors (Lipinski definition) is 2. The lowest BCUT2D eigenvalue weighted by Crippen LogP contribution is -2.45. The Kier molecular flexibility index (Phi) is 7.72. The molecule has 122 valence electrons. The lowest BCUT2D eigenvalue weighted by molar-refractivity contribution is 0.242. The highest BCUT2D eigenvalue weighted by molar-refractivity contribution is 7.98. The maximum absolute atomic E-state index is 4.36. The van der Waals surface area contributed by atoms with Crippen molar-refractivity contribution < 1.29 is 0 Å².